The van der Waals surface area contributed by atoms with Crippen molar-refractivity contribution in [1.29, 1.82) is 0 Å². The molecule has 0 saturated carbocycles. The molecule has 1 aromatic carbocycles. The Balaban J connectivity index is 2.12. The summed E-state index contributed by atoms with van der Waals surface area (Å²) in [5.74, 6) is 0.713. The fourth-order valence-electron chi connectivity index (χ4n) is 2.49. The molecule has 1 amide bonds. The largest absolute Gasteiger partial charge is 0.369 e. The van der Waals surface area contributed by atoms with Crippen LogP contribution in [0.5, 0.6) is 0 Å². The van der Waals surface area contributed by atoms with Crippen molar-refractivity contribution in [2.75, 3.05) is 19.6 Å². The van der Waals surface area contributed by atoms with Gasteiger partial charge in [0.1, 0.15) is 5.82 Å². The quantitative estimate of drug-likeness (QED) is 0.795. The summed E-state index contributed by atoms with van der Waals surface area (Å²) in [5, 5.41) is 0.586. The lowest BCUT2D eigenvalue weighted by atomic mass is 10.2. The van der Waals surface area contributed by atoms with E-state index in [9.17, 15) is 9.59 Å². The maximum Gasteiger partial charge on any atom is 0.258 e. The third kappa shape index (κ3) is 4.39. The number of nitrogens with one attached hydrogen (secondary N) is 1. The molecule has 0 aliphatic rings. The molecule has 0 aliphatic heterocycles. The second-order valence-electron chi connectivity index (χ2n) is 5.88. The Morgan fingerprint density at radius 3 is 2.77 bits per heavy atom. The zero-order valence-corrected chi connectivity index (χ0v) is 13.0. The third-order valence-corrected chi connectivity index (χ3v) is 3.33. The van der Waals surface area contributed by atoms with Gasteiger partial charge in [0.2, 0.25) is 5.91 Å². The van der Waals surface area contributed by atoms with E-state index in [1.54, 1.807) is 6.07 Å². The molecule has 2 aromatic rings. The Morgan fingerprint density at radius 1 is 1.36 bits per heavy atom. The topological polar surface area (TPSA) is 92.1 Å². The number of hydrogen-bond donors (Lipinski definition) is 2. The minimum absolute atomic E-state index is 0.133. The number of benzene rings is 1. The van der Waals surface area contributed by atoms with E-state index in [4.69, 9.17) is 5.73 Å². The summed E-state index contributed by atoms with van der Waals surface area (Å²) < 4.78 is 0. The first kappa shape index (κ1) is 16.2. The highest BCUT2D eigenvalue weighted by molar-refractivity contribution is 5.77. The van der Waals surface area contributed by atoms with Gasteiger partial charge in [0, 0.05) is 19.5 Å². The molecule has 1 heterocycles. The first-order chi connectivity index (χ1) is 10.5. The van der Waals surface area contributed by atoms with Gasteiger partial charge in [0.05, 0.1) is 17.4 Å². The summed E-state index contributed by atoms with van der Waals surface area (Å²) in [5.41, 5.74) is 5.84. The molecule has 0 bridgehead atoms. The Hall–Kier alpha value is -2.21. The van der Waals surface area contributed by atoms with Gasteiger partial charge in [-0.15, -0.1) is 0 Å². The summed E-state index contributed by atoms with van der Waals surface area (Å²) in [6.45, 7) is 5.80. The van der Waals surface area contributed by atoms with E-state index in [0.29, 0.717) is 35.6 Å². The SMILES string of the molecule is CC(C)CN(CCc1nc2ccccc2c(=O)[nH]1)CC(N)=O. The van der Waals surface area contributed by atoms with Crippen LogP contribution in [0.2, 0.25) is 0 Å². The summed E-state index contributed by atoms with van der Waals surface area (Å²) >= 11 is 0. The van der Waals surface area contributed by atoms with Gasteiger partial charge in [0.25, 0.3) is 5.56 Å². The number of para-hydroxylation sites is 1. The highest BCUT2D eigenvalue weighted by atomic mass is 16.1. The van der Waals surface area contributed by atoms with E-state index >= 15 is 0 Å². The van der Waals surface area contributed by atoms with Crippen LogP contribution in [0.15, 0.2) is 29.1 Å². The van der Waals surface area contributed by atoms with Gasteiger partial charge in [-0.25, -0.2) is 4.98 Å². The predicted molar refractivity (Wildman–Crippen MR) is 86.5 cm³/mol. The summed E-state index contributed by atoms with van der Waals surface area (Å²) in [6.07, 6.45) is 0.570. The zero-order chi connectivity index (χ0) is 16.1. The third-order valence-electron chi connectivity index (χ3n) is 3.33. The molecule has 0 unspecified atom stereocenters. The monoisotopic (exact) mass is 302 g/mol. The summed E-state index contributed by atoms with van der Waals surface area (Å²) in [6, 6.07) is 7.25. The van der Waals surface area contributed by atoms with Crippen molar-refractivity contribution in [3.05, 3.63) is 40.4 Å². The van der Waals surface area contributed by atoms with Gasteiger partial charge in [-0.05, 0) is 18.1 Å². The average Bonchev–Trinajstić information content (AvgIpc) is 2.44. The molecular weight excluding hydrogens is 280 g/mol. The number of amides is 1. The highest BCUT2D eigenvalue weighted by Crippen LogP contribution is 2.06. The number of fused-ring (bicyclic) bond motifs is 1. The molecule has 0 saturated heterocycles. The molecule has 0 aliphatic carbocycles. The van der Waals surface area contributed by atoms with Crippen LogP contribution in [0.1, 0.15) is 19.7 Å². The number of aromatic nitrogens is 2. The number of hydrogen-bond acceptors (Lipinski definition) is 4. The van der Waals surface area contributed by atoms with Crippen molar-refractivity contribution in [2.45, 2.75) is 20.3 Å². The standard InChI is InChI=1S/C16H22N4O2/c1-11(2)9-20(10-14(17)21)8-7-15-18-13-6-4-3-5-12(13)16(22)19-15/h3-6,11H,7-10H2,1-2H3,(H2,17,21)(H,18,19,22). The van der Waals surface area contributed by atoms with Crippen molar-refractivity contribution < 1.29 is 4.79 Å². The molecule has 0 fully saturated rings. The van der Waals surface area contributed by atoms with Crippen molar-refractivity contribution in [2.24, 2.45) is 11.7 Å². The van der Waals surface area contributed by atoms with E-state index in [1.165, 1.54) is 0 Å². The molecule has 0 radical (unpaired) electrons. The average molecular weight is 302 g/mol. The lowest BCUT2D eigenvalue weighted by molar-refractivity contribution is -0.119. The summed E-state index contributed by atoms with van der Waals surface area (Å²) in [7, 11) is 0. The Morgan fingerprint density at radius 2 is 2.09 bits per heavy atom. The number of primary amides is 1. The van der Waals surface area contributed by atoms with Crippen LogP contribution in [0.25, 0.3) is 10.9 Å². The van der Waals surface area contributed by atoms with Crippen LogP contribution >= 0.6 is 0 Å². The van der Waals surface area contributed by atoms with Gasteiger partial charge in [-0.1, -0.05) is 26.0 Å². The van der Waals surface area contributed by atoms with Gasteiger partial charge in [-0.2, -0.15) is 0 Å². The van der Waals surface area contributed by atoms with Crippen LogP contribution < -0.4 is 11.3 Å². The predicted octanol–water partition coefficient (Wildman–Crippen LogP) is 0.909. The Kier molecular flexibility index (Phi) is 5.27. The van der Waals surface area contributed by atoms with Crippen molar-refractivity contribution in [3.63, 3.8) is 0 Å². The Bertz CT molecular complexity index is 709. The molecule has 3 N–H and O–H groups in total. The van der Waals surface area contributed by atoms with E-state index in [2.05, 4.69) is 23.8 Å². The van der Waals surface area contributed by atoms with Crippen LogP contribution in [0.4, 0.5) is 0 Å². The number of nitrogens with zero attached hydrogens (tertiary/aromatic N) is 2. The second-order valence-corrected chi connectivity index (χ2v) is 5.88. The maximum absolute atomic E-state index is 12.0. The fraction of sp³-hybridized carbons (Fsp3) is 0.438. The molecule has 1 aromatic heterocycles. The highest BCUT2D eigenvalue weighted by Gasteiger charge is 2.11. The van der Waals surface area contributed by atoms with Crippen molar-refractivity contribution in [1.82, 2.24) is 14.9 Å². The van der Waals surface area contributed by atoms with E-state index in [0.717, 1.165) is 6.54 Å². The van der Waals surface area contributed by atoms with Gasteiger partial charge >= 0.3 is 0 Å². The summed E-state index contributed by atoms with van der Waals surface area (Å²) in [4.78, 5) is 32.4. The van der Waals surface area contributed by atoms with Crippen molar-refractivity contribution in [3.8, 4) is 0 Å². The molecule has 2 rings (SSSR count). The van der Waals surface area contributed by atoms with Crippen LogP contribution in [0, 0.1) is 5.92 Å². The molecular formula is C16H22N4O2. The fourth-order valence-corrected chi connectivity index (χ4v) is 2.49. The van der Waals surface area contributed by atoms with Crippen molar-refractivity contribution >= 4 is 16.8 Å². The maximum atomic E-state index is 12.0. The number of aromatic amines is 1. The molecule has 118 valence electrons. The number of carbonyl (C=O) groups excluding carboxylic acids is 1. The molecule has 22 heavy (non-hydrogen) atoms. The Labute approximate surface area is 129 Å². The first-order valence-corrected chi connectivity index (χ1v) is 7.44. The number of rotatable bonds is 7. The molecule has 6 nitrogen and oxygen atoms in total. The first-order valence-electron chi connectivity index (χ1n) is 7.44. The number of nitrogens with two attached hydrogens (primary N) is 1. The zero-order valence-electron chi connectivity index (χ0n) is 13.0. The van der Waals surface area contributed by atoms with E-state index < -0.39 is 0 Å². The number of carbonyl (C=O) groups is 1. The van der Waals surface area contributed by atoms with Gasteiger partial charge in [0.15, 0.2) is 0 Å². The minimum Gasteiger partial charge on any atom is -0.369 e. The lowest BCUT2D eigenvalue weighted by Gasteiger charge is -2.22. The van der Waals surface area contributed by atoms with Gasteiger partial charge < -0.3 is 10.7 Å². The van der Waals surface area contributed by atoms with Crippen LogP contribution in [0.3, 0.4) is 0 Å². The smallest absolute Gasteiger partial charge is 0.258 e. The van der Waals surface area contributed by atoms with E-state index in [-0.39, 0.29) is 18.0 Å². The van der Waals surface area contributed by atoms with E-state index in [1.807, 2.05) is 23.1 Å². The lowest BCUT2D eigenvalue weighted by Crippen LogP contribution is -2.37. The van der Waals surface area contributed by atoms with Crippen LogP contribution in [-0.2, 0) is 11.2 Å². The molecule has 0 atom stereocenters. The van der Waals surface area contributed by atoms with Crippen LogP contribution in [-0.4, -0.2) is 40.4 Å². The second kappa shape index (κ2) is 7.17. The molecule has 0 spiro atoms. The normalized spacial score (nSPS) is 11.5. The number of H-pyrrole nitrogens is 1. The molecule has 6 heteroatoms. The minimum atomic E-state index is -0.347. The van der Waals surface area contributed by atoms with Gasteiger partial charge in [-0.3, -0.25) is 14.5 Å².